The number of fused-ring (bicyclic) bond motifs is 1. The molecule has 23 heavy (non-hydrogen) atoms. The first kappa shape index (κ1) is 17.1. The van der Waals surface area contributed by atoms with E-state index in [9.17, 15) is 9.90 Å². The third-order valence-electron chi connectivity index (χ3n) is 3.93. The van der Waals surface area contributed by atoms with E-state index in [1.807, 2.05) is 24.3 Å². The highest BCUT2D eigenvalue weighted by atomic mass is 16.5. The van der Waals surface area contributed by atoms with E-state index < -0.39 is 12.1 Å². The summed E-state index contributed by atoms with van der Waals surface area (Å²) in [6.45, 7) is 0. The van der Waals surface area contributed by atoms with Gasteiger partial charge < -0.3 is 19.3 Å². The molecule has 1 aromatic carbocycles. The molecule has 0 spiro atoms. The Kier molecular flexibility index (Phi) is 5.82. The number of esters is 1. The molecule has 2 rings (SSSR count). The predicted molar refractivity (Wildman–Crippen MR) is 87.7 cm³/mol. The lowest BCUT2D eigenvalue weighted by Crippen LogP contribution is -2.19. The van der Waals surface area contributed by atoms with E-state index in [2.05, 4.69) is 4.74 Å². The molecule has 0 fully saturated rings. The minimum atomic E-state index is -0.599. The van der Waals surface area contributed by atoms with Crippen molar-refractivity contribution in [1.29, 1.82) is 0 Å². The summed E-state index contributed by atoms with van der Waals surface area (Å²) in [5.41, 5.74) is 1.81. The van der Waals surface area contributed by atoms with Crippen molar-refractivity contribution in [3.05, 3.63) is 41.5 Å². The van der Waals surface area contributed by atoms with Crippen LogP contribution >= 0.6 is 0 Å². The van der Waals surface area contributed by atoms with E-state index >= 15 is 0 Å². The van der Waals surface area contributed by atoms with E-state index in [0.29, 0.717) is 17.9 Å². The number of aliphatic hydroxyl groups is 1. The first-order chi connectivity index (χ1) is 11.1. The molecule has 1 aromatic rings. The van der Waals surface area contributed by atoms with E-state index in [-0.39, 0.29) is 5.92 Å². The summed E-state index contributed by atoms with van der Waals surface area (Å²) in [4.78, 5) is 11.4. The quantitative estimate of drug-likeness (QED) is 0.683. The number of benzene rings is 1. The van der Waals surface area contributed by atoms with Crippen molar-refractivity contribution >= 4 is 12.0 Å². The Hall–Kier alpha value is -2.27. The van der Waals surface area contributed by atoms with Gasteiger partial charge in [-0.15, -0.1) is 0 Å². The van der Waals surface area contributed by atoms with Gasteiger partial charge in [0.25, 0.3) is 0 Å². The molecule has 0 amide bonds. The second-order valence-corrected chi connectivity index (χ2v) is 5.29. The van der Waals surface area contributed by atoms with E-state index in [1.165, 1.54) is 13.2 Å². The van der Waals surface area contributed by atoms with Crippen molar-refractivity contribution in [2.24, 2.45) is 0 Å². The van der Waals surface area contributed by atoms with Crippen LogP contribution < -0.4 is 9.47 Å². The van der Waals surface area contributed by atoms with Crippen molar-refractivity contribution in [1.82, 2.24) is 0 Å². The standard InChI is InChI=1S/C18H22O5/c1-21-16-10-12-6-4-5-7-15(19)13(8-9-18(20)23-3)14(12)11-17(16)22-2/h4,6,8-11,13,15,19H,5,7H2,1-3H3/b6-4-,9-8+/t13-,15-/m0/s1. The third-order valence-corrected chi connectivity index (χ3v) is 3.93. The van der Waals surface area contributed by atoms with Gasteiger partial charge in [-0.05, 0) is 36.1 Å². The lowest BCUT2D eigenvalue weighted by atomic mass is 9.85. The molecule has 124 valence electrons. The molecule has 0 unspecified atom stereocenters. The van der Waals surface area contributed by atoms with Crippen LogP contribution in [0.3, 0.4) is 0 Å². The second-order valence-electron chi connectivity index (χ2n) is 5.29. The number of carbonyl (C=O) groups is 1. The summed E-state index contributed by atoms with van der Waals surface area (Å²) in [5.74, 6) is 0.441. The number of methoxy groups -OCH3 is 3. The molecule has 0 radical (unpaired) electrons. The van der Waals surface area contributed by atoms with Gasteiger partial charge >= 0.3 is 5.97 Å². The Morgan fingerprint density at radius 3 is 2.57 bits per heavy atom. The topological polar surface area (TPSA) is 65.0 Å². The maximum Gasteiger partial charge on any atom is 0.330 e. The average Bonchev–Trinajstić information content (AvgIpc) is 2.57. The normalized spacial score (nSPS) is 21.9. The second kappa shape index (κ2) is 7.83. The Balaban J connectivity index is 2.53. The van der Waals surface area contributed by atoms with Crippen LogP contribution in [0.1, 0.15) is 29.9 Å². The Morgan fingerprint density at radius 2 is 1.91 bits per heavy atom. The number of hydrogen-bond acceptors (Lipinski definition) is 5. The first-order valence-corrected chi connectivity index (χ1v) is 7.47. The molecule has 0 saturated heterocycles. The maximum atomic E-state index is 11.4. The van der Waals surface area contributed by atoms with Crippen LogP contribution in [0.15, 0.2) is 30.4 Å². The minimum absolute atomic E-state index is 0.325. The third kappa shape index (κ3) is 3.93. The van der Waals surface area contributed by atoms with Gasteiger partial charge in [0.2, 0.25) is 0 Å². The zero-order chi connectivity index (χ0) is 16.8. The van der Waals surface area contributed by atoms with Gasteiger partial charge in [0, 0.05) is 12.0 Å². The van der Waals surface area contributed by atoms with Crippen molar-refractivity contribution in [2.75, 3.05) is 21.3 Å². The smallest absolute Gasteiger partial charge is 0.330 e. The molecule has 1 aliphatic carbocycles. The SMILES string of the molecule is COC(=O)/C=C/[C@H]1c2cc(OC)c(OC)cc2/C=C\CC[C@@H]1O. The lowest BCUT2D eigenvalue weighted by Gasteiger charge is -2.25. The molecular weight excluding hydrogens is 296 g/mol. The van der Waals surface area contributed by atoms with Crippen molar-refractivity contribution in [3.63, 3.8) is 0 Å². The average molecular weight is 318 g/mol. The van der Waals surface area contributed by atoms with Crippen LogP contribution in [0.25, 0.3) is 6.08 Å². The van der Waals surface area contributed by atoms with Crippen LogP contribution in [0.2, 0.25) is 0 Å². The summed E-state index contributed by atoms with van der Waals surface area (Å²) in [5, 5.41) is 10.5. The van der Waals surface area contributed by atoms with Crippen LogP contribution in [-0.2, 0) is 9.53 Å². The fraction of sp³-hybridized carbons (Fsp3) is 0.389. The van der Waals surface area contributed by atoms with Crippen LogP contribution in [0.4, 0.5) is 0 Å². The molecule has 5 nitrogen and oxygen atoms in total. The van der Waals surface area contributed by atoms with E-state index in [1.54, 1.807) is 20.3 Å². The van der Waals surface area contributed by atoms with Crippen molar-refractivity contribution < 1.29 is 24.1 Å². The molecule has 0 saturated carbocycles. The van der Waals surface area contributed by atoms with Gasteiger partial charge in [0.1, 0.15) is 0 Å². The summed E-state index contributed by atoms with van der Waals surface area (Å²) in [6.07, 6.45) is 7.83. The molecule has 1 aliphatic rings. The van der Waals surface area contributed by atoms with Gasteiger partial charge in [0.15, 0.2) is 11.5 Å². The van der Waals surface area contributed by atoms with Crippen LogP contribution in [-0.4, -0.2) is 38.5 Å². The summed E-state index contributed by atoms with van der Waals surface area (Å²) >= 11 is 0. The molecule has 0 aromatic heterocycles. The number of ether oxygens (including phenoxy) is 3. The highest BCUT2D eigenvalue weighted by Crippen LogP contribution is 2.38. The summed E-state index contributed by atoms with van der Waals surface area (Å²) in [6, 6.07) is 3.72. The van der Waals surface area contributed by atoms with Gasteiger partial charge in [-0.1, -0.05) is 18.2 Å². The minimum Gasteiger partial charge on any atom is -0.493 e. The van der Waals surface area contributed by atoms with Crippen molar-refractivity contribution in [3.8, 4) is 11.5 Å². The molecule has 5 heteroatoms. The van der Waals surface area contributed by atoms with Gasteiger partial charge in [-0.2, -0.15) is 0 Å². The molecule has 0 heterocycles. The molecule has 0 bridgehead atoms. The van der Waals surface area contributed by atoms with Gasteiger partial charge in [-0.25, -0.2) is 4.79 Å². The zero-order valence-corrected chi connectivity index (χ0v) is 13.6. The summed E-state index contributed by atoms with van der Waals surface area (Å²) in [7, 11) is 4.48. The van der Waals surface area contributed by atoms with E-state index in [4.69, 9.17) is 9.47 Å². The Morgan fingerprint density at radius 1 is 1.22 bits per heavy atom. The Labute approximate surface area is 136 Å². The summed E-state index contributed by atoms with van der Waals surface area (Å²) < 4.78 is 15.3. The molecule has 1 N–H and O–H groups in total. The predicted octanol–water partition coefficient (Wildman–Crippen LogP) is 2.68. The molecule has 2 atom stereocenters. The highest BCUT2D eigenvalue weighted by molar-refractivity contribution is 5.82. The van der Waals surface area contributed by atoms with Crippen LogP contribution in [0.5, 0.6) is 11.5 Å². The zero-order valence-electron chi connectivity index (χ0n) is 13.6. The number of rotatable bonds is 4. The molecule has 0 aliphatic heterocycles. The van der Waals surface area contributed by atoms with Gasteiger partial charge in [0.05, 0.1) is 27.4 Å². The van der Waals surface area contributed by atoms with Crippen molar-refractivity contribution in [2.45, 2.75) is 24.9 Å². The van der Waals surface area contributed by atoms with E-state index in [0.717, 1.165) is 17.5 Å². The fourth-order valence-corrected chi connectivity index (χ4v) is 2.69. The molecular formula is C18H22O5. The monoisotopic (exact) mass is 318 g/mol. The number of carbonyl (C=O) groups excluding carboxylic acids is 1. The number of aliphatic hydroxyl groups excluding tert-OH is 1. The fourth-order valence-electron chi connectivity index (χ4n) is 2.69. The largest absolute Gasteiger partial charge is 0.493 e. The first-order valence-electron chi connectivity index (χ1n) is 7.47. The van der Waals surface area contributed by atoms with Crippen LogP contribution in [0, 0.1) is 0 Å². The number of allylic oxidation sites excluding steroid dienone is 1. The maximum absolute atomic E-state index is 11.4. The lowest BCUT2D eigenvalue weighted by molar-refractivity contribution is -0.134. The number of hydrogen-bond donors (Lipinski definition) is 1. The Bertz CT molecular complexity index is 618. The highest BCUT2D eigenvalue weighted by Gasteiger charge is 2.24. The van der Waals surface area contributed by atoms with Gasteiger partial charge in [-0.3, -0.25) is 0 Å².